The van der Waals surface area contributed by atoms with Gasteiger partial charge >= 0.3 is 0 Å². The first-order valence-corrected chi connectivity index (χ1v) is 9.09. The molecule has 0 heterocycles. The average molecular weight is 408 g/mol. The molecular formula is C19H35CdO2-. The number of rotatable bonds is 17. The molecule has 0 atom stereocenters. The molecule has 3 heteroatoms. The van der Waals surface area contributed by atoms with Gasteiger partial charge in [0.2, 0.25) is 0 Å². The molecule has 0 unspecified atom stereocenters. The minimum atomic E-state index is 0. The Morgan fingerprint density at radius 2 is 1.14 bits per heavy atom. The van der Waals surface area contributed by atoms with E-state index in [9.17, 15) is 4.79 Å². The van der Waals surface area contributed by atoms with Crippen molar-refractivity contribution in [3.63, 3.8) is 0 Å². The maximum Gasteiger partial charge on any atom is 0.169 e. The van der Waals surface area contributed by atoms with Crippen LogP contribution in [0.15, 0.2) is 12.3 Å². The van der Waals surface area contributed by atoms with Gasteiger partial charge in [0.25, 0.3) is 0 Å². The van der Waals surface area contributed by atoms with Crippen LogP contribution in [0.3, 0.4) is 0 Å². The molecule has 0 amide bonds. The number of ether oxygens (including phenoxy) is 1. The Hall–Kier alpha value is 0.132. The first kappa shape index (κ1) is 24.4. The summed E-state index contributed by atoms with van der Waals surface area (Å²) in [4.78, 5) is 9.77. The molecule has 0 aliphatic heterocycles. The second-order valence-electron chi connectivity index (χ2n) is 5.96. The molecule has 0 N–H and O–H groups in total. The fraction of sp³-hybridized carbons (Fsp3) is 0.842. The van der Waals surface area contributed by atoms with Crippen molar-refractivity contribution in [1.82, 2.24) is 0 Å². The summed E-state index contributed by atoms with van der Waals surface area (Å²) in [6, 6.07) is 0. The third-order valence-electron chi connectivity index (χ3n) is 3.94. The maximum atomic E-state index is 9.77. The Balaban J connectivity index is 0. The zero-order valence-corrected chi connectivity index (χ0v) is 18.8. The summed E-state index contributed by atoms with van der Waals surface area (Å²) < 4.78 is 4.37. The minimum absolute atomic E-state index is 0. The molecule has 0 saturated heterocycles. The van der Waals surface area contributed by atoms with Gasteiger partial charge in [0.15, 0.2) is 6.47 Å². The number of hydrogen-bond donors (Lipinski definition) is 0. The Kier molecular flexibility index (Phi) is 25.9. The Morgan fingerprint density at radius 1 is 0.727 bits per heavy atom. The van der Waals surface area contributed by atoms with Crippen LogP contribution in [0.2, 0.25) is 0 Å². The summed E-state index contributed by atoms with van der Waals surface area (Å²) in [6.45, 7) is 3.66. The maximum absolute atomic E-state index is 9.77. The summed E-state index contributed by atoms with van der Waals surface area (Å²) in [6.07, 6.45) is 23.7. The quantitative estimate of drug-likeness (QED) is 0.120. The predicted octanol–water partition coefficient (Wildman–Crippen LogP) is 6.45. The number of unbranched alkanes of at least 4 members (excludes halogenated alkanes) is 14. The van der Waals surface area contributed by atoms with Crippen molar-refractivity contribution in [2.45, 2.75) is 103 Å². The van der Waals surface area contributed by atoms with Gasteiger partial charge in [-0.3, -0.25) is 0 Å². The van der Waals surface area contributed by atoms with Crippen molar-refractivity contribution in [2.24, 2.45) is 0 Å². The molecule has 22 heavy (non-hydrogen) atoms. The summed E-state index contributed by atoms with van der Waals surface area (Å²) >= 11 is 0. The van der Waals surface area contributed by atoms with Crippen LogP contribution in [-0.4, -0.2) is 6.47 Å². The van der Waals surface area contributed by atoms with E-state index < -0.39 is 0 Å². The summed E-state index contributed by atoms with van der Waals surface area (Å²) in [5.74, 6) is 0. The zero-order chi connectivity index (χ0) is 15.4. The molecule has 0 saturated carbocycles. The molecule has 0 aromatic carbocycles. The van der Waals surface area contributed by atoms with Gasteiger partial charge in [0.05, 0.1) is 0 Å². The summed E-state index contributed by atoms with van der Waals surface area (Å²) in [5.41, 5.74) is 0. The number of carbonyl (C=O) groups excluding carboxylic acids is 1. The molecule has 2 nitrogen and oxygen atoms in total. The smallest absolute Gasteiger partial charge is 0.169 e. The topological polar surface area (TPSA) is 26.3 Å². The van der Waals surface area contributed by atoms with Gasteiger partial charge in [-0.2, -0.15) is 0 Å². The molecule has 0 aliphatic rings. The number of allylic oxidation sites excluding steroid dienone is 1. The van der Waals surface area contributed by atoms with Crippen LogP contribution < -0.4 is 0 Å². The fourth-order valence-electron chi connectivity index (χ4n) is 2.60. The minimum Gasteiger partial charge on any atom is -0.616 e. The predicted molar refractivity (Wildman–Crippen MR) is 90.8 cm³/mol. The standard InChI is InChI=1S/C19H35O2.Cd/c1-2-3-4-5-6-7-8-9-10-11-12-13-14-15-16-17-18-21-19-20;/h17-18H,2-16H2,1H3;/q-1;. The van der Waals surface area contributed by atoms with Crippen LogP contribution in [0, 0.1) is 0 Å². The molecule has 0 aliphatic carbocycles. The van der Waals surface area contributed by atoms with Gasteiger partial charge in [0.1, 0.15) is 0 Å². The molecule has 0 bridgehead atoms. The first-order chi connectivity index (χ1) is 10.4. The van der Waals surface area contributed by atoms with E-state index in [-0.39, 0.29) is 27.3 Å². The molecule has 126 valence electrons. The van der Waals surface area contributed by atoms with E-state index in [0.29, 0.717) is 0 Å². The monoisotopic (exact) mass is 409 g/mol. The molecule has 0 spiro atoms. The molecule has 0 fully saturated rings. The van der Waals surface area contributed by atoms with Gasteiger partial charge in [-0.15, -0.1) is 6.08 Å². The Labute approximate surface area is 158 Å². The van der Waals surface area contributed by atoms with E-state index >= 15 is 0 Å². The third kappa shape index (κ3) is 22.4. The molecule has 0 radical (unpaired) electrons. The normalized spacial score (nSPS) is 10.6. The fourth-order valence-corrected chi connectivity index (χ4v) is 2.60. The van der Waals surface area contributed by atoms with Crippen molar-refractivity contribution >= 4 is 6.47 Å². The number of hydrogen-bond acceptors (Lipinski definition) is 2. The largest absolute Gasteiger partial charge is 0.616 e. The van der Waals surface area contributed by atoms with Crippen molar-refractivity contribution in [1.29, 1.82) is 0 Å². The van der Waals surface area contributed by atoms with E-state index in [4.69, 9.17) is 0 Å². The molecule has 0 rings (SSSR count). The molecular weight excluding hydrogens is 373 g/mol. The third-order valence-corrected chi connectivity index (χ3v) is 3.94. The zero-order valence-electron chi connectivity index (χ0n) is 14.8. The van der Waals surface area contributed by atoms with Crippen LogP contribution in [0.5, 0.6) is 0 Å². The summed E-state index contributed by atoms with van der Waals surface area (Å²) in [7, 11) is 0. The van der Waals surface area contributed by atoms with E-state index in [1.807, 2.05) is 6.08 Å². The van der Waals surface area contributed by atoms with Crippen LogP contribution in [-0.2, 0) is 36.8 Å². The van der Waals surface area contributed by atoms with Crippen molar-refractivity contribution < 1.29 is 36.8 Å². The van der Waals surface area contributed by atoms with Crippen LogP contribution in [0.4, 0.5) is 0 Å². The van der Waals surface area contributed by atoms with Crippen LogP contribution in [0.1, 0.15) is 103 Å². The van der Waals surface area contributed by atoms with Gasteiger partial charge in [-0.05, 0) is 6.42 Å². The van der Waals surface area contributed by atoms with E-state index in [1.165, 1.54) is 103 Å². The summed E-state index contributed by atoms with van der Waals surface area (Å²) in [5, 5.41) is 0. The van der Waals surface area contributed by atoms with E-state index in [0.717, 1.165) is 6.42 Å². The average Bonchev–Trinajstić information content (AvgIpc) is 2.50. The van der Waals surface area contributed by atoms with Crippen molar-refractivity contribution in [3.05, 3.63) is 12.3 Å². The Morgan fingerprint density at radius 3 is 1.55 bits per heavy atom. The van der Waals surface area contributed by atoms with E-state index in [2.05, 4.69) is 11.7 Å². The SMILES string of the molecule is CCCCCCCCCCCCCCCCC=CO[C-]=O.[Cd]. The molecule has 0 aromatic rings. The molecule has 0 aromatic heterocycles. The van der Waals surface area contributed by atoms with Crippen molar-refractivity contribution in [2.75, 3.05) is 0 Å². The van der Waals surface area contributed by atoms with Crippen molar-refractivity contribution in [3.8, 4) is 0 Å². The van der Waals surface area contributed by atoms with Crippen LogP contribution in [0.25, 0.3) is 0 Å². The second-order valence-corrected chi connectivity index (χ2v) is 5.96. The van der Waals surface area contributed by atoms with Gasteiger partial charge in [-0.25, -0.2) is 0 Å². The van der Waals surface area contributed by atoms with Gasteiger partial charge in [0, 0.05) is 27.3 Å². The van der Waals surface area contributed by atoms with Gasteiger partial charge in [-0.1, -0.05) is 103 Å². The second kappa shape index (κ2) is 23.4. The van der Waals surface area contributed by atoms with E-state index in [1.54, 1.807) is 0 Å². The Bertz CT molecular complexity index is 229. The van der Waals surface area contributed by atoms with Crippen LogP contribution >= 0.6 is 0 Å². The van der Waals surface area contributed by atoms with Gasteiger partial charge < -0.3 is 9.53 Å². The first-order valence-electron chi connectivity index (χ1n) is 9.09.